The summed E-state index contributed by atoms with van der Waals surface area (Å²) in [7, 11) is 0. The minimum Gasteiger partial charge on any atom is -0.489 e. The van der Waals surface area contributed by atoms with Gasteiger partial charge in [0.25, 0.3) is 0 Å². The van der Waals surface area contributed by atoms with Gasteiger partial charge in [0.1, 0.15) is 12.4 Å². The summed E-state index contributed by atoms with van der Waals surface area (Å²) in [5, 5.41) is 2.49. The van der Waals surface area contributed by atoms with E-state index < -0.39 is 11.6 Å². The molecule has 3 nitrogen and oxygen atoms in total. The van der Waals surface area contributed by atoms with Gasteiger partial charge in [0, 0.05) is 13.0 Å². The maximum absolute atomic E-state index is 13.0. The van der Waals surface area contributed by atoms with Crippen LogP contribution < -0.4 is 10.1 Å². The van der Waals surface area contributed by atoms with Crippen LogP contribution in [-0.2, 0) is 4.79 Å². The van der Waals surface area contributed by atoms with Crippen molar-refractivity contribution in [2.75, 3.05) is 13.2 Å². The molecule has 0 radical (unpaired) electrons. The topological polar surface area (TPSA) is 38.3 Å². The van der Waals surface area contributed by atoms with Gasteiger partial charge >= 0.3 is 0 Å². The molecule has 1 aromatic carbocycles. The lowest BCUT2D eigenvalue weighted by atomic mass is 10.3. The van der Waals surface area contributed by atoms with Crippen LogP contribution in [0.15, 0.2) is 18.2 Å². The van der Waals surface area contributed by atoms with Gasteiger partial charge in [-0.05, 0) is 12.1 Å². The molecule has 5 heteroatoms. The molecule has 0 spiro atoms. The lowest BCUT2D eigenvalue weighted by molar-refractivity contribution is -0.119. The van der Waals surface area contributed by atoms with Crippen molar-refractivity contribution >= 4 is 5.91 Å². The van der Waals surface area contributed by atoms with E-state index in [1.165, 1.54) is 13.0 Å². The lowest BCUT2D eigenvalue weighted by Crippen LogP contribution is -2.25. The van der Waals surface area contributed by atoms with E-state index in [-0.39, 0.29) is 24.8 Å². The van der Waals surface area contributed by atoms with Crippen LogP contribution in [0, 0.1) is 11.6 Å². The Morgan fingerprint density at radius 2 is 2.20 bits per heavy atom. The van der Waals surface area contributed by atoms with Gasteiger partial charge in [0.05, 0.1) is 6.54 Å². The summed E-state index contributed by atoms with van der Waals surface area (Å²) in [5.74, 6) is -1.61. The van der Waals surface area contributed by atoms with Crippen molar-refractivity contribution < 1.29 is 18.3 Å². The third kappa shape index (κ3) is 3.93. The SMILES string of the molecule is CC(=O)NCCOc1ccc(F)cc1F. The molecule has 0 unspecified atom stereocenters. The Morgan fingerprint density at radius 3 is 2.80 bits per heavy atom. The number of benzene rings is 1. The molecule has 0 atom stereocenters. The highest BCUT2D eigenvalue weighted by molar-refractivity contribution is 5.72. The Morgan fingerprint density at radius 1 is 1.47 bits per heavy atom. The van der Waals surface area contributed by atoms with Crippen molar-refractivity contribution in [1.82, 2.24) is 5.32 Å². The summed E-state index contributed by atoms with van der Waals surface area (Å²) in [6, 6.07) is 3.06. The minimum atomic E-state index is -0.752. The number of amides is 1. The van der Waals surface area contributed by atoms with Gasteiger partial charge in [-0.25, -0.2) is 8.78 Å². The predicted molar refractivity (Wildman–Crippen MR) is 50.5 cm³/mol. The molecule has 0 aliphatic rings. The van der Waals surface area contributed by atoms with Crippen LogP contribution in [0.1, 0.15) is 6.92 Å². The Labute approximate surface area is 86.0 Å². The second-order valence-corrected chi connectivity index (χ2v) is 2.91. The van der Waals surface area contributed by atoms with Gasteiger partial charge in [-0.3, -0.25) is 4.79 Å². The number of carbonyl (C=O) groups excluding carboxylic acids is 1. The zero-order valence-corrected chi connectivity index (χ0v) is 8.22. The van der Waals surface area contributed by atoms with E-state index in [1.54, 1.807) is 0 Å². The molecular formula is C10H11F2NO2. The highest BCUT2D eigenvalue weighted by Crippen LogP contribution is 2.16. The van der Waals surface area contributed by atoms with Crippen LogP contribution in [0.4, 0.5) is 8.78 Å². The second-order valence-electron chi connectivity index (χ2n) is 2.91. The molecule has 0 aromatic heterocycles. The Hall–Kier alpha value is -1.65. The summed E-state index contributed by atoms with van der Waals surface area (Å²) < 4.78 is 30.5. The van der Waals surface area contributed by atoms with Crippen LogP contribution in [0.3, 0.4) is 0 Å². The number of nitrogens with one attached hydrogen (secondary N) is 1. The Balaban J connectivity index is 2.40. The van der Waals surface area contributed by atoms with Gasteiger partial charge in [0.15, 0.2) is 11.6 Å². The van der Waals surface area contributed by atoms with Crippen LogP contribution >= 0.6 is 0 Å². The molecule has 0 aliphatic heterocycles. The Bertz CT molecular complexity index is 355. The predicted octanol–water partition coefficient (Wildman–Crippen LogP) is 1.48. The van der Waals surface area contributed by atoms with Gasteiger partial charge < -0.3 is 10.1 Å². The average molecular weight is 215 g/mol. The Kier molecular flexibility index (Phi) is 4.03. The molecule has 0 saturated carbocycles. The van der Waals surface area contributed by atoms with E-state index in [1.807, 2.05) is 0 Å². The largest absolute Gasteiger partial charge is 0.489 e. The molecule has 15 heavy (non-hydrogen) atoms. The number of hydrogen-bond acceptors (Lipinski definition) is 2. The van der Waals surface area contributed by atoms with Crippen molar-refractivity contribution in [2.45, 2.75) is 6.92 Å². The van der Waals surface area contributed by atoms with Gasteiger partial charge in [-0.1, -0.05) is 0 Å². The maximum atomic E-state index is 13.0. The monoisotopic (exact) mass is 215 g/mol. The van der Waals surface area contributed by atoms with Crippen LogP contribution in [0.5, 0.6) is 5.75 Å². The number of carbonyl (C=O) groups is 1. The minimum absolute atomic E-state index is 0.0262. The first-order chi connectivity index (χ1) is 7.09. The summed E-state index contributed by atoms with van der Waals surface area (Å²) in [4.78, 5) is 10.5. The fourth-order valence-electron chi connectivity index (χ4n) is 0.980. The molecule has 1 N–H and O–H groups in total. The van der Waals surface area contributed by atoms with Gasteiger partial charge in [-0.2, -0.15) is 0 Å². The first-order valence-electron chi connectivity index (χ1n) is 4.42. The summed E-state index contributed by atoms with van der Waals surface area (Å²) in [6.45, 7) is 1.80. The lowest BCUT2D eigenvalue weighted by Gasteiger charge is -2.07. The van der Waals surface area contributed by atoms with Gasteiger partial charge in [0.2, 0.25) is 5.91 Å². The standard InChI is InChI=1S/C10H11F2NO2/c1-7(14)13-4-5-15-10-3-2-8(11)6-9(10)12/h2-3,6H,4-5H2,1H3,(H,13,14). The molecule has 0 fully saturated rings. The fraction of sp³-hybridized carbons (Fsp3) is 0.300. The fourth-order valence-corrected chi connectivity index (χ4v) is 0.980. The molecule has 0 saturated heterocycles. The molecule has 0 aliphatic carbocycles. The van der Waals surface area contributed by atoms with E-state index in [4.69, 9.17) is 4.74 Å². The molecule has 0 heterocycles. The molecule has 82 valence electrons. The molecule has 1 rings (SSSR count). The van der Waals surface area contributed by atoms with E-state index in [0.29, 0.717) is 0 Å². The van der Waals surface area contributed by atoms with E-state index in [9.17, 15) is 13.6 Å². The summed E-state index contributed by atoms with van der Waals surface area (Å²) in [6.07, 6.45) is 0. The van der Waals surface area contributed by atoms with Gasteiger partial charge in [-0.15, -0.1) is 0 Å². The van der Waals surface area contributed by atoms with Crippen molar-refractivity contribution in [3.8, 4) is 5.75 Å². The molecule has 1 amide bonds. The molecular weight excluding hydrogens is 204 g/mol. The van der Waals surface area contributed by atoms with E-state index >= 15 is 0 Å². The number of ether oxygens (including phenoxy) is 1. The van der Waals surface area contributed by atoms with Crippen LogP contribution in [-0.4, -0.2) is 19.1 Å². The number of rotatable bonds is 4. The first kappa shape index (κ1) is 11.4. The zero-order chi connectivity index (χ0) is 11.3. The maximum Gasteiger partial charge on any atom is 0.216 e. The number of halogens is 2. The number of hydrogen-bond donors (Lipinski definition) is 1. The molecule has 1 aromatic rings. The second kappa shape index (κ2) is 5.29. The molecule has 0 bridgehead atoms. The normalized spacial score (nSPS) is 9.80. The van der Waals surface area contributed by atoms with E-state index in [2.05, 4.69) is 5.32 Å². The van der Waals surface area contributed by atoms with Crippen LogP contribution in [0.2, 0.25) is 0 Å². The van der Waals surface area contributed by atoms with Crippen molar-refractivity contribution in [3.05, 3.63) is 29.8 Å². The quantitative estimate of drug-likeness (QED) is 0.772. The third-order valence-corrected chi connectivity index (χ3v) is 1.63. The van der Waals surface area contributed by atoms with Crippen molar-refractivity contribution in [3.63, 3.8) is 0 Å². The third-order valence-electron chi connectivity index (χ3n) is 1.63. The highest BCUT2D eigenvalue weighted by Gasteiger charge is 2.04. The van der Waals surface area contributed by atoms with E-state index in [0.717, 1.165) is 12.1 Å². The van der Waals surface area contributed by atoms with Crippen molar-refractivity contribution in [1.29, 1.82) is 0 Å². The zero-order valence-electron chi connectivity index (χ0n) is 8.22. The first-order valence-corrected chi connectivity index (χ1v) is 4.42. The highest BCUT2D eigenvalue weighted by atomic mass is 19.1. The summed E-state index contributed by atoms with van der Waals surface area (Å²) >= 11 is 0. The summed E-state index contributed by atoms with van der Waals surface area (Å²) in [5.41, 5.74) is 0. The average Bonchev–Trinajstić information content (AvgIpc) is 2.14. The van der Waals surface area contributed by atoms with Crippen molar-refractivity contribution in [2.24, 2.45) is 0 Å². The van der Waals surface area contributed by atoms with Crippen LogP contribution in [0.25, 0.3) is 0 Å². The smallest absolute Gasteiger partial charge is 0.216 e.